The van der Waals surface area contributed by atoms with Crippen molar-refractivity contribution in [1.29, 1.82) is 0 Å². The summed E-state index contributed by atoms with van der Waals surface area (Å²) in [6.07, 6.45) is 5.24. The maximum absolute atomic E-state index is 15.2. The van der Waals surface area contributed by atoms with Crippen LogP contribution in [0, 0.1) is 16.7 Å². The van der Waals surface area contributed by atoms with Crippen LogP contribution in [-0.4, -0.2) is 165 Å². The Morgan fingerprint density at radius 3 is 2.38 bits per heavy atom. The Morgan fingerprint density at radius 2 is 1.71 bits per heavy atom. The first kappa shape index (κ1) is 59.4. The highest BCUT2D eigenvalue weighted by Gasteiger charge is 2.46. The van der Waals surface area contributed by atoms with Crippen LogP contribution in [0.3, 0.4) is 0 Å². The summed E-state index contributed by atoms with van der Waals surface area (Å²) in [6, 6.07) is 13.1. The highest BCUT2D eigenvalue weighted by molar-refractivity contribution is 7.98. The first-order valence-electron chi connectivity index (χ1n) is 27.6. The summed E-state index contributed by atoms with van der Waals surface area (Å²) in [5.74, 6) is -2.14. The summed E-state index contributed by atoms with van der Waals surface area (Å²) >= 11 is 1.04. The second-order valence-corrected chi connectivity index (χ2v) is 25.3. The third kappa shape index (κ3) is 13.1. The largest absolute Gasteiger partial charge is 0.464 e. The van der Waals surface area contributed by atoms with E-state index in [1.54, 1.807) is 37.4 Å². The lowest BCUT2D eigenvalue weighted by atomic mass is 9.78. The van der Waals surface area contributed by atoms with Gasteiger partial charge in [-0.1, -0.05) is 52.0 Å². The van der Waals surface area contributed by atoms with E-state index in [-0.39, 0.29) is 48.6 Å². The monoisotopic (exact) mass is 1120 g/mol. The third-order valence-electron chi connectivity index (χ3n) is 16.2. The number of aryl methyl sites for hydroxylation is 1. The van der Waals surface area contributed by atoms with E-state index in [2.05, 4.69) is 45.7 Å². The molecule has 6 bridgehead atoms. The number of rotatable bonds is 12. The summed E-state index contributed by atoms with van der Waals surface area (Å²) in [4.78, 5) is 86.7. The molecule has 3 fully saturated rings. The molecule has 2 N–H and O–H groups in total. The molecule has 5 amide bonds. The number of amides is 5. The number of pyridine rings is 1. The Balaban J connectivity index is 1.15. The second-order valence-electron chi connectivity index (χ2n) is 23.4. The molecule has 0 saturated carbocycles. The van der Waals surface area contributed by atoms with E-state index < -0.39 is 52.0 Å². The fourth-order valence-corrected chi connectivity index (χ4v) is 13.2. The Kier molecular flexibility index (Phi) is 18.5. The number of alkyl halides is 2. The van der Waals surface area contributed by atoms with Crippen molar-refractivity contribution in [2.24, 2.45) is 16.7 Å². The summed E-state index contributed by atoms with van der Waals surface area (Å²) in [6.45, 7) is 15.4. The number of likely N-dealkylation sites (tertiary alicyclic amines) is 2. The quantitative estimate of drug-likeness (QED) is 0.0608. The molecule has 3 radical (unpaired) electrons. The lowest BCUT2D eigenvalue weighted by Gasteiger charge is -2.42. The number of esters is 1. The van der Waals surface area contributed by atoms with Gasteiger partial charge in [-0.3, -0.25) is 29.2 Å². The van der Waals surface area contributed by atoms with E-state index in [4.69, 9.17) is 14.5 Å². The van der Waals surface area contributed by atoms with Crippen LogP contribution in [-0.2, 0) is 48.0 Å². The second kappa shape index (κ2) is 24.6. The fourth-order valence-electron chi connectivity index (χ4n) is 11.9. The van der Waals surface area contributed by atoms with E-state index in [0.29, 0.717) is 88.1 Å². The Bertz CT molecular complexity index is 2940. The topological polar surface area (TPSA) is 162 Å². The fraction of sp³-hybridized carbons (Fsp3) is 0.559. The van der Waals surface area contributed by atoms with Crippen molar-refractivity contribution in [3.63, 3.8) is 0 Å². The van der Waals surface area contributed by atoms with E-state index in [1.807, 2.05) is 81.1 Å². The van der Waals surface area contributed by atoms with E-state index >= 15 is 18.4 Å². The van der Waals surface area contributed by atoms with E-state index in [0.717, 1.165) is 51.8 Å². The molecule has 4 aliphatic heterocycles. The van der Waals surface area contributed by atoms with Crippen LogP contribution in [0.1, 0.15) is 109 Å². The molecule has 2 aromatic carbocycles. The van der Waals surface area contributed by atoms with Crippen molar-refractivity contribution in [3.8, 4) is 22.4 Å². The molecule has 16 nitrogen and oxygen atoms in total. The molecule has 0 unspecified atom stereocenters. The lowest BCUT2D eigenvalue weighted by molar-refractivity contribution is -0.146. The van der Waals surface area contributed by atoms with Crippen molar-refractivity contribution in [3.05, 3.63) is 89.3 Å². The van der Waals surface area contributed by atoms with Crippen LogP contribution in [0.25, 0.3) is 33.3 Å². The number of fused-ring (bicyclic) bond motifs is 7. The number of likely N-dealkylation sites (N-methyl/N-ethyl adjacent to an activating group) is 2. The van der Waals surface area contributed by atoms with Crippen LogP contribution in [0.4, 0.5) is 13.6 Å². The van der Waals surface area contributed by atoms with Gasteiger partial charge in [-0.2, -0.15) is 4.83 Å². The van der Waals surface area contributed by atoms with Gasteiger partial charge in [0.05, 0.1) is 34.3 Å². The van der Waals surface area contributed by atoms with Crippen molar-refractivity contribution in [1.82, 2.24) is 44.3 Å². The summed E-state index contributed by atoms with van der Waals surface area (Å²) in [5, 5.41) is 2.58. The molecule has 6 heterocycles. The zero-order valence-electron chi connectivity index (χ0n) is 47.5. The number of nitrogens with one attached hydrogen (secondary N) is 2. The standard InChI is InChI=1S/C59H78F2N9O7SSi/c1-11-69-46-19-18-40-32-44(46)45(51(69)43-15-12-23-62-49(43)38(4)76-10)34-57(5,6)36-77-54(73)47-16-13-25-70(64-78-47)55(74)59(79,33-39-29-41(40)31-42(30-39)52(60)61)63-53(72)50(37(2)3)66(9)56(75)67-26-20-58(21-27-67)22-28-68(35-58)48(71)17-14-24-65(7)8/h12,14-15,17-19,23,29-32,37-38,47,50,52,64H,11,13,16,20-22,24-28,33-36H2,1-10H3,(H,63,72)/b17-14+/t38-,47-,50-,59+/m0/s1. The molecule has 425 valence electrons. The van der Waals surface area contributed by atoms with Crippen LogP contribution in [0.5, 0.6) is 0 Å². The van der Waals surface area contributed by atoms with Gasteiger partial charge in [0.1, 0.15) is 16.5 Å². The Hall–Kier alpha value is -5.67. The number of halogens is 2. The SMILES string of the molecule is CCn1c(-c2cccnc2[C@H](C)OC)c2c3cc(ccc31)-c1cc(cc(C(F)F)c1)C[C@]([Si])(NC(=O)[C@H](C(C)C)N(C)C(=O)N1CCC3(CCN(C(=O)/C=C/CN(C)C)C3)CC1)C(=O)N1CCC[C@H](SN1)C(=O)OCC(C)(C)C2. The van der Waals surface area contributed by atoms with Gasteiger partial charge in [0, 0.05) is 106 Å². The van der Waals surface area contributed by atoms with Gasteiger partial charge in [-0.25, -0.2) is 13.6 Å². The normalized spacial score (nSPS) is 21.7. The van der Waals surface area contributed by atoms with Gasteiger partial charge in [-0.05, 0) is 142 Å². The number of hydrogen-bond acceptors (Lipinski definition) is 11. The number of methoxy groups -OCH3 is 1. The number of piperidine rings is 1. The molecule has 8 rings (SSSR count). The number of carbonyl (C=O) groups excluding carboxylic acids is 5. The number of ether oxygens (including phenoxy) is 2. The number of carbonyl (C=O) groups is 5. The summed E-state index contributed by atoms with van der Waals surface area (Å²) < 4.78 is 44.7. The van der Waals surface area contributed by atoms with Gasteiger partial charge >= 0.3 is 12.0 Å². The predicted molar refractivity (Wildman–Crippen MR) is 305 cm³/mol. The van der Waals surface area contributed by atoms with Crippen LogP contribution < -0.4 is 10.1 Å². The van der Waals surface area contributed by atoms with Crippen LogP contribution >= 0.6 is 11.9 Å². The first-order valence-corrected chi connectivity index (χ1v) is 29.0. The van der Waals surface area contributed by atoms with Crippen LogP contribution in [0.2, 0.25) is 0 Å². The minimum absolute atomic E-state index is 0.0116. The van der Waals surface area contributed by atoms with Crippen molar-refractivity contribution < 1.29 is 42.2 Å². The highest BCUT2D eigenvalue weighted by atomic mass is 32.2. The molecule has 4 aromatic rings. The minimum atomic E-state index is -2.88. The van der Waals surface area contributed by atoms with Gasteiger partial charge in [0.2, 0.25) is 11.8 Å². The van der Waals surface area contributed by atoms with Gasteiger partial charge in [-0.15, -0.1) is 0 Å². The summed E-state index contributed by atoms with van der Waals surface area (Å²) in [7, 11) is 10.9. The number of nitrogens with zero attached hydrogens (tertiary/aromatic N) is 7. The van der Waals surface area contributed by atoms with Gasteiger partial charge < -0.3 is 39.0 Å². The molecule has 0 aliphatic carbocycles. The molecule has 4 aliphatic rings. The Labute approximate surface area is 471 Å². The van der Waals surface area contributed by atoms with Crippen molar-refractivity contribution >= 4 is 62.8 Å². The number of aromatic nitrogens is 2. The molecule has 1 spiro atoms. The van der Waals surface area contributed by atoms with Crippen LogP contribution in [0.15, 0.2) is 66.9 Å². The molecular formula is C59H78F2N9O7SSi. The number of benzene rings is 2. The molecule has 20 heteroatoms. The number of cyclic esters (lactones) is 1. The van der Waals surface area contributed by atoms with E-state index in [1.165, 1.54) is 22.0 Å². The molecule has 4 atom stereocenters. The molecular weight excluding hydrogens is 1040 g/mol. The Morgan fingerprint density at radius 1 is 0.987 bits per heavy atom. The maximum Gasteiger partial charge on any atom is 0.320 e. The zero-order valence-corrected chi connectivity index (χ0v) is 49.3. The minimum Gasteiger partial charge on any atom is -0.464 e. The zero-order chi connectivity index (χ0) is 57.1. The maximum atomic E-state index is 15.2. The average molecular weight is 1120 g/mol. The molecule has 3 saturated heterocycles. The molecule has 2 aromatic heterocycles. The third-order valence-corrected chi connectivity index (χ3v) is 17.8. The van der Waals surface area contributed by atoms with Gasteiger partial charge in [0.25, 0.3) is 12.3 Å². The first-order chi connectivity index (χ1) is 37.5. The summed E-state index contributed by atoms with van der Waals surface area (Å²) in [5.41, 5.74) is 4.96. The van der Waals surface area contributed by atoms with E-state index in [9.17, 15) is 14.4 Å². The average Bonchev–Trinajstić information content (AvgIpc) is 4.13. The van der Waals surface area contributed by atoms with Crippen molar-refractivity contribution in [2.45, 2.75) is 122 Å². The van der Waals surface area contributed by atoms with Crippen molar-refractivity contribution in [2.75, 3.05) is 74.1 Å². The lowest BCUT2D eigenvalue weighted by Crippen LogP contribution is -2.66. The highest BCUT2D eigenvalue weighted by Crippen LogP contribution is 2.44. The smallest absolute Gasteiger partial charge is 0.320 e. The number of hydrogen-bond donors (Lipinski definition) is 2. The van der Waals surface area contributed by atoms with Gasteiger partial charge in [0.15, 0.2) is 0 Å². The number of hydrazine groups is 1. The predicted octanol–water partition coefficient (Wildman–Crippen LogP) is 8.34. The number of urea groups is 1. The molecule has 79 heavy (non-hydrogen) atoms.